The molecule has 0 aliphatic heterocycles. The summed E-state index contributed by atoms with van der Waals surface area (Å²) >= 11 is 0. The summed E-state index contributed by atoms with van der Waals surface area (Å²) in [5.41, 5.74) is 8.05. The van der Waals surface area contributed by atoms with Gasteiger partial charge >= 0.3 is 0 Å². The van der Waals surface area contributed by atoms with Crippen LogP contribution in [0, 0.1) is 5.92 Å². The lowest BCUT2D eigenvalue weighted by atomic mass is 9.97. The Labute approximate surface area is 217 Å². The maximum absolute atomic E-state index is 3.91. The molecule has 180 valence electrons. The van der Waals surface area contributed by atoms with Crippen LogP contribution in [0.5, 0.6) is 0 Å². The Morgan fingerprint density at radius 2 is 1.39 bits per heavy atom. The first kappa shape index (κ1) is 23.2. The van der Waals surface area contributed by atoms with Crippen LogP contribution in [0.2, 0.25) is 12.6 Å². The van der Waals surface area contributed by atoms with E-state index in [2.05, 4.69) is 116 Å². The highest BCUT2D eigenvalue weighted by Gasteiger charge is 2.48. The molecular formula is C35H36Si. The Bertz CT molecular complexity index is 1440. The van der Waals surface area contributed by atoms with Gasteiger partial charge in [0.15, 0.2) is 0 Å². The van der Waals surface area contributed by atoms with Crippen molar-refractivity contribution in [2.45, 2.75) is 50.2 Å². The maximum Gasteiger partial charge on any atom is 0.0927 e. The molecule has 0 fully saturated rings. The lowest BCUT2D eigenvalue weighted by Gasteiger charge is -2.40. The van der Waals surface area contributed by atoms with Gasteiger partial charge in [-0.2, -0.15) is 0 Å². The number of hydrogen-bond donors (Lipinski definition) is 0. The lowest BCUT2D eigenvalue weighted by Crippen LogP contribution is -2.45. The van der Waals surface area contributed by atoms with Gasteiger partial charge in [0.25, 0.3) is 0 Å². The van der Waals surface area contributed by atoms with Crippen molar-refractivity contribution in [2.24, 2.45) is 5.92 Å². The van der Waals surface area contributed by atoms with Gasteiger partial charge in [-0.15, -0.1) is 6.58 Å². The SMILES string of the molecule is C=CCCCCCC[Si](C)(C1=c2ccccc2=C2C=CC=CC21)C1c2ccccc2-c2ccccc21. The molecule has 0 saturated heterocycles. The zero-order valence-corrected chi connectivity index (χ0v) is 22.4. The maximum atomic E-state index is 3.91. The van der Waals surface area contributed by atoms with Gasteiger partial charge in [-0.1, -0.05) is 140 Å². The fourth-order valence-corrected chi connectivity index (χ4v) is 12.8. The molecule has 0 N–H and O–H groups in total. The van der Waals surface area contributed by atoms with E-state index in [1.807, 2.05) is 0 Å². The highest BCUT2D eigenvalue weighted by atomic mass is 28.3. The van der Waals surface area contributed by atoms with E-state index in [0.29, 0.717) is 11.5 Å². The molecule has 3 aromatic carbocycles. The predicted octanol–water partition coefficient (Wildman–Crippen LogP) is 7.85. The van der Waals surface area contributed by atoms with Gasteiger partial charge in [0, 0.05) is 11.5 Å². The summed E-state index contributed by atoms with van der Waals surface area (Å²) in [6, 6.07) is 29.1. The van der Waals surface area contributed by atoms with Crippen molar-refractivity contribution in [3.63, 3.8) is 0 Å². The Balaban J connectivity index is 1.53. The quantitative estimate of drug-likeness (QED) is 0.165. The summed E-state index contributed by atoms with van der Waals surface area (Å²) in [6.45, 7) is 6.64. The normalized spacial score (nSPS) is 19.0. The van der Waals surface area contributed by atoms with Crippen molar-refractivity contribution >= 4 is 18.8 Å². The molecular weight excluding hydrogens is 448 g/mol. The van der Waals surface area contributed by atoms with Crippen molar-refractivity contribution in [3.8, 4) is 11.1 Å². The summed E-state index contributed by atoms with van der Waals surface area (Å²) < 4.78 is 0. The van der Waals surface area contributed by atoms with Crippen molar-refractivity contribution in [3.05, 3.63) is 131 Å². The van der Waals surface area contributed by atoms with Crippen LogP contribution in [0.25, 0.3) is 21.9 Å². The third-order valence-electron chi connectivity index (χ3n) is 8.81. The van der Waals surface area contributed by atoms with Crippen LogP contribution < -0.4 is 10.4 Å². The second-order valence-electron chi connectivity index (χ2n) is 10.9. The van der Waals surface area contributed by atoms with Crippen molar-refractivity contribution in [1.29, 1.82) is 0 Å². The van der Waals surface area contributed by atoms with Crippen LogP contribution in [0.4, 0.5) is 0 Å². The first-order valence-electron chi connectivity index (χ1n) is 13.7. The lowest BCUT2D eigenvalue weighted by molar-refractivity contribution is 0.669. The summed E-state index contributed by atoms with van der Waals surface area (Å²) in [6.07, 6.45) is 17.8. The van der Waals surface area contributed by atoms with Gasteiger partial charge in [-0.3, -0.25) is 0 Å². The number of rotatable bonds is 9. The molecule has 0 heterocycles. The van der Waals surface area contributed by atoms with Gasteiger partial charge in [0.05, 0.1) is 8.07 Å². The van der Waals surface area contributed by atoms with E-state index in [4.69, 9.17) is 0 Å². The number of unbranched alkanes of at least 4 members (excludes halogenated alkanes) is 4. The molecule has 0 spiro atoms. The molecule has 1 heteroatoms. The third kappa shape index (κ3) is 3.73. The summed E-state index contributed by atoms with van der Waals surface area (Å²) in [5.74, 6) is 0.421. The van der Waals surface area contributed by atoms with Gasteiger partial charge in [-0.25, -0.2) is 0 Å². The molecule has 36 heavy (non-hydrogen) atoms. The van der Waals surface area contributed by atoms with Crippen LogP contribution in [0.15, 0.2) is 110 Å². The minimum atomic E-state index is -2.02. The molecule has 3 aliphatic carbocycles. The van der Waals surface area contributed by atoms with Crippen molar-refractivity contribution in [2.75, 3.05) is 0 Å². The van der Waals surface area contributed by atoms with E-state index in [1.165, 1.54) is 58.9 Å². The van der Waals surface area contributed by atoms with Crippen molar-refractivity contribution in [1.82, 2.24) is 0 Å². The molecule has 6 rings (SSSR count). The van der Waals surface area contributed by atoms with Gasteiger partial charge < -0.3 is 0 Å². The number of hydrogen-bond acceptors (Lipinski definition) is 0. The largest absolute Gasteiger partial charge is 0.103 e. The Morgan fingerprint density at radius 1 is 0.750 bits per heavy atom. The zero-order valence-electron chi connectivity index (χ0n) is 21.4. The van der Waals surface area contributed by atoms with Crippen molar-refractivity contribution < 1.29 is 0 Å². The number of fused-ring (bicyclic) bond motifs is 5. The molecule has 3 aromatic rings. The molecule has 0 amide bonds. The van der Waals surface area contributed by atoms with Gasteiger partial charge in [0.2, 0.25) is 0 Å². The minimum Gasteiger partial charge on any atom is -0.103 e. The Hall–Kier alpha value is -3.16. The average Bonchev–Trinajstić information content (AvgIpc) is 3.45. The van der Waals surface area contributed by atoms with Gasteiger partial charge in [-0.05, 0) is 51.1 Å². The molecule has 3 aliphatic rings. The van der Waals surface area contributed by atoms with Crippen LogP contribution in [0.3, 0.4) is 0 Å². The Kier molecular flexibility index (Phi) is 6.27. The first-order valence-corrected chi connectivity index (χ1v) is 16.5. The van der Waals surface area contributed by atoms with E-state index in [1.54, 1.807) is 16.3 Å². The topological polar surface area (TPSA) is 0 Å². The summed E-state index contributed by atoms with van der Waals surface area (Å²) in [7, 11) is -2.02. The molecule has 0 aromatic heterocycles. The molecule has 0 nitrogen and oxygen atoms in total. The van der Waals surface area contributed by atoms with E-state index < -0.39 is 8.07 Å². The molecule has 2 unspecified atom stereocenters. The first-order chi connectivity index (χ1) is 17.7. The number of benzene rings is 3. The summed E-state index contributed by atoms with van der Waals surface area (Å²) in [5, 5.41) is 4.75. The smallest absolute Gasteiger partial charge is 0.0927 e. The zero-order chi connectivity index (χ0) is 24.5. The standard InChI is InChI=1S/C35H36Si/c1-3-4-5-6-7-16-25-36(2,34-30-21-12-8-17-26(30)27-18-9-13-22-31(27)34)35-32-23-14-10-19-28(32)29-20-11-15-24-33(29)35/h3,8-15,17-24,30,35H,1,4-7,16,25H2,2H3. The van der Waals surface area contributed by atoms with Crippen LogP contribution in [-0.2, 0) is 0 Å². The highest BCUT2D eigenvalue weighted by Crippen LogP contribution is 2.54. The van der Waals surface area contributed by atoms with Gasteiger partial charge in [0.1, 0.15) is 0 Å². The molecule has 0 bridgehead atoms. The third-order valence-corrected chi connectivity index (χ3v) is 13.9. The van der Waals surface area contributed by atoms with E-state index in [-0.39, 0.29) is 0 Å². The second kappa shape index (κ2) is 9.71. The van der Waals surface area contributed by atoms with E-state index in [0.717, 1.165) is 6.42 Å². The number of allylic oxidation sites excluding steroid dienone is 5. The summed E-state index contributed by atoms with van der Waals surface area (Å²) in [4.78, 5) is 0. The van der Waals surface area contributed by atoms with Crippen LogP contribution in [0.1, 0.15) is 48.8 Å². The monoisotopic (exact) mass is 484 g/mol. The van der Waals surface area contributed by atoms with E-state index >= 15 is 0 Å². The highest BCUT2D eigenvalue weighted by molar-refractivity contribution is 6.96. The fourth-order valence-electron chi connectivity index (χ4n) is 7.26. The minimum absolute atomic E-state index is 0.421. The predicted molar refractivity (Wildman–Crippen MR) is 158 cm³/mol. The molecule has 2 atom stereocenters. The Morgan fingerprint density at radius 3 is 2.11 bits per heavy atom. The molecule has 0 radical (unpaired) electrons. The van der Waals surface area contributed by atoms with Crippen LogP contribution >= 0.6 is 0 Å². The molecule has 0 saturated carbocycles. The van der Waals surface area contributed by atoms with E-state index in [9.17, 15) is 0 Å². The second-order valence-corrected chi connectivity index (χ2v) is 15.4. The fraction of sp³-hybridized carbons (Fsp3) is 0.257. The average molecular weight is 485 g/mol. The van der Waals surface area contributed by atoms with Crippen LogP contribution in [-0.4, -0.2) is 8.07 Å².